The largest absolute Gasteiger partial charge is 0.416 e. The van der Waals surface area contributed by atoms with Crippen LogP contribution in [0.2, 0.25) is 0 Å². The van der Waals surface area contributed by atoms with Gasteiger partial charge in [-0.25, -0.2) is 0 Å². The maximum atomic E-state index is 13.8. The summed E-state index contributed by atoms with van der Waals surface area (Å²) in [5, 5.41) is 17.7. The molecule has 172 valence electrons. The molecule has 34 heavy (non-hydrogen) atoms. The van der Waals surface area contributed by atoms with Gasteiger partial charge in [-0.1, -0.05) is 42.5 Å². The van der Waals surface area contributed by atoms with Gasteiger partial charge in [0.2, 0.25) is 0 Å². The molecule has 1 aromatic heterocycles. The Morgan fingerprint density at radius 2 is 1.79 bits per heavy atom. The highest BCUT2D eigenvalue weighted by atomic mass is 19.4. The van der Waals surface area contributed by atoms with Gasteiger partial charge in [-0.3, -0.25) is 4.79 Å². The number of aromatic nitrogens is 3. The summed E-state index contributed by atoms with van der Waals surface area (Å²) in [5.41, 5.74) is 1.60. The first-order valence-electron chi connectivity index (χ1n) is 10.5. The van der Waals surface area contributed by atoms with Crippen LogP contribution in [0, 0.1) is 0 Å². The molecule has 4 aromatic rings. The van der Waals surface area contributed by atoms with Gasteiger partial charge in [0.25, 0.3) is 5.91 Å². The second-order valence-corrected chi connectivity index (χ2v) is 8.05. The summed E-state index contributed by atoms with van der Waals surface area (Å²) in [6.45, 7) is -0.852. The number of benzene rings is 3. The summed E-state index contributed by atoms with van der Waals surface area (Å²) in [6, 6.07) is 17.0. The summed E-state index contributed by atoms with van der Waals surface area (Å²) in [5.74, 6) is -0.0882. The van der Waals surface area contributed by atoms with E-state index in [9.17, 15) is 23.1 Å². The van der Waals surface area contributed by atoms with Gasteiger partial charge < -0.3 is 14.6 Å². The molecule has 2 heterocycles. The lowest BCUT2D eigenvalue weighted by atomic mass is 9.97. The summed E-state index contributed by atoms with van der Waals surface area (Å²) in [7, 11) is 1.76. The molecule has 9 heteroatoms. The summed E-state index contributed by atoms with van der Waals surface area (Å²) < 4.78 is 43.2. The topological polar surface area (TPSA) is 71.2 Å². The first-order valence-corrected chi connectivity index (χ1v) is 10.5. The zero-order valence-corrected chi connectivity index (χ0v) is 18.0. The van der Waals surface area contributed by atoms with E-state index < -0.39 is 24.3 Å². The molecule has 6 nitrogen and oxygen atoms in total. The van der Waals surface area contributed by atoms with Gasteiger partial charge in [-0.05, 0) is 40.5 Å². The van der Waals surface area contributed by atoms with Gasteiger partial charge in [-0.15, -0.1) is 10.2 Å². The van der Waals surface area contributed by atoms with Crippen LogP contribution in [0.25, 0.3) is 22.5 Å². The fourth-order valence-electron chi connectivity index (χ4n) is 4.37. The van der Waals surface area contributed by atoms with Crippen LogP contribution in [0.1, 0.15) is 27.0 Å². The number of hydrogen-bond donors (Lipinski definition) is 1. The molecule has 0 bridgehead atoms. The smallest absolute Gasteiger partial charge is 0.392 e. The molecule has 1 aliphatic rings. The minimum Gasteiger partial charge on any atom is -0.392 e. The van der Waals surface area contributed by atoms with Crippen LogP contribution in [-0.2, 0) is 26.4 Å². The number of aliphatic hydroxyl groups is 1. The molecule has 0 aliphatic carbocycles. The molecule has 1 amide bonds. The van der Waals surface area contributed by atoms with E-state index in [-0.39, 0.29) is 23.2 Å². The number of alkyl halides is 3. The van der Waals surface area contributed by atoms with E-state index in [1.165, 1.54) is 17.3 Å². The first-order chi connectivity index (χ1) is 16.3. The van der Waals surface area contributed by atoms with Crippen molar-refractivity contribution in [2.45, 2.75) is 19.3 Å². The number of aryl methyl sites for hydroxylation is 1. The van der Waals surface area contributed by atoms with Crippen LogP contribution >= 0.6 is 0 Å². The monoisotopic (exact) mass is 464 g/mol. The minimum absolute atomic E-state index is 0.0350. The third-order valence-corrected chi connectivity index (χ3v) is 5.94. The predicted octanol–water partition coefficient (Wildman–Crippen LogP) is 4.82. The Balaban J connectivity index is 1.72. The number of nitrogens with zero attached hydrogens (tertiary/aromatic N) is 4. The average Bonchev–Trinajstić information content (AvgIpc) is 3.40. The van der Waals surface area contributed by atoms with Gasteiger partial charge in [-0.2, -0.15) is 13.2 Å². The van der Waals surface area contributed by atoms with E-state index in [4.69, 9.17) is 0 Å². The lowest BCUT2D eigenvalue weighted by molar-refractivity contribution is -0.138. The van der Waals surface area contributed by atoms with E-state index in [1.807, 2.05) is 36.4 Å². The molecule has 0 atom stereocenters. The van der Waals surface area contributed by atoms with Crippen LogP contribution in [0.3, 0.4) is 0 Å². The van der Waals surface area contributed by atoms with Gasteiger partial charge in [0.05, 0.1) is 30.0 Å². The van der Waals surface area contributed by atoms with Crippen LogP contribution < -0.4 is 4.90 Å². The predicted molar refractivity (Wildman–Crippen MR) is 120 cm³/mol. The zero-order chi connectivity index (χ0) is 24.0. The number of hydrogen-bond acceptors (Lipinski definition) is 4. The van der Waals surface area contributed by atoms with E-state index >= 15 is 0 Å². The van der Waals surface area contributed by atoms with Crippen LogP contribution in [-0.4, -0.2) is 25.8 Å². The van der Waals surface area contributed by atoms with Crippen molar-refractivity contribution < 1.29 is 23.1 Å². The number of fused-ring (bicyclic) bond motifs is 1. The van der Waals surface area contributed by atoms with Gasteiger partial charge in [0.1, 0.15) is 6.33 Å². The molecule has 0 saturated heterocycles. The molecule has 0 unspecified atom stereocenters. The maximum Gasteiger partial charge on any atom is 0.416 e. The van der Waals surface area contributed by atoms with Crippen molar-refractivity contribution in [3.8, 4) is 22.5 Å². The van der Waals surface area contributed by atoms with Crippen molar-refractivity contribution in [2.75, 3.05) is 4.90 Å². The summed E-state index contributed by atoms with van der Waals surface area (Å²) >= 11 is 0. The van der Waals surface area contributed by atoms with E-state index in [0.717, 1.165) is 17.2 Å². The molecule has 0 radical (unpaired) electrons. The Hall–Kier alpha value is -3.98. The van der Waals surface area contributed by atoms with E-state index in [0.29, 0.717) is 17.1 Å². The molecule has 3 aromatic carbocycles. The second-order valence-electron chi connectivity index (χ2n) is 8.05. The number of amides is 1. The number of halogens is 3. The average molecular weight is 464 g/mol. The third kappa shape index (κ3) is 3.54. The second kappa shape index (κ2) is 8.11. The highest BCUT2D eigenvalue weighted by Crippen LogP contribution is 2.44. The normalized spacial score (nSPS) is 13.4. The Morgan fingerprint density at radius 3 is 2.44 bits per heavy atom. The lowest BCUT2D eigenvalue weighted by Gasteiger charge is -2.22. The molecule has 0 saturated carbocycles. The van der Waals surface area contributed by atoms with Gasteiger partial charge in [0.15, 0.2) is 5.82 Å². The zero-order valence-electron chi connectivity index (χ0n) is 18.0. The maximum absolute atomic E-state index is 13.8. The summed E-state index contributed by atoms with van der Waals surface area (Å²) in [6.07, 6.45) is -3.14. The van der Waals surface area contributed by atoms with Crippen molar-refractivity contribution in [3.05, 3.63) is 89.2 Å². The molecule has 0 spiro atoms. The molecule has 0 fully saturated rings. The van der Waals surface area contributed by atoms with Crippen LogP contribution in [0.4, 0.5) is 18.9 Å². The SMILES string of the molecule is Cn1cnnc1-c1c(-c2ccccc2)cccc1N1Cc2c(cc(CO)cc2C(F)(F)F)C1=O. The van der Waals surface area contributed by atoms with Crippen LogP contribution in [0.15, 0.2) is 67.0 Å². The highest BCUT2D eigenvalue weighted by Gasteiger charge is 2.41. The van der Waals surface area contributed by atoms with Crippen molar-refractivity contribution in [1.29, 1.82) is 0 Å². The number of carbonyl (C=O) groups is 1. The van der Waals surface area contributed by atoms with Crippen molar-refractivity contribution in [3.63, 3.8) is 0 Å². The van der Waals surface area contributed by atoms with Gasteiger partial charge in [0, 0.05) is 12.6 Å². The molecular weight excluding hydrogens is 445 g/mol. The van der Waals surface area contributed by atoms with Crippen molar-refractivity contribution >= 4 is 11.6 Å². The van der Waals surface area contributed by atoms with Crippen LogP contribution in [0.5, 0.6) is 0 Å². The fraction of sp³-hybridized carbons (Fsp3) is 0.160. The molecule has 5 rings (SSSR count). The number of carbonyl (C=O) groups excluding carboxylic acids is 1. The van der Waals surface area contributed by atoms with Crippen molar-refractivity contribution in [1.82, 2.24) is 14.8 Å². The molecule has 1 N–H and O–H groups in total. The highest BCUT2D eigenvalue weighted by molar-refractivity contribution is 6.13. The van der Waals surface area contributed by atoms with E-state index in [2.05, 4.69) is 10.2 Å². The Kier molecular flexibility index (Phi) is 5.21. The number of anilines is 1. The quantitative estimate of drug-likeness (QED) is 0.470. The number of rotatable bonds is 4. The Labute approximate surface area is 192 Å². The number of aliphatic hydroxyl groups excluding tert-OH is 1. The summed E-state index contributed by atoms with van der Waals surface area (Å²) in [4.78, 5) is 14.8. The van der Waals surface area contributed by atoms with E-state index in [1.54, 1.807) is 23.7 Å². The first kappa shape index (κ1) is 21.8. The van der Waals surface area contributed by atoms with Crippen molar-refractivity contribution in [2.24, 2.45) is 7.05 Å². The lowest BCUT2D eigenvalue weighted by Crippen LogP contribution is -2.24. The third-order valence-electron chi connectivity index (χ3n) is 5.94. The van der Waals surface area contributed by atoms with Gasteiger partial charge >= 0.3 is 6.18 Å². The standard InChI is InChI=1S/C25H19F3N4O2/c1-31-14-29-30-23(31)22-17(16-6-3-2-4-7-16)8-5-9-21(22)32-12-19-18(24(32)34)10-15(13-33)11-20(19)25(26,27)28/h2-11,14,33H,12-13H2,1H3. The Morgan fingerprint density at radius 1 is 1.03 bits per heavy atom. The molecule has 1 aliphatic heterocycles. The Bertz CT molecular complexity index is 1400. The molecular formula is C25H19F3N4O2. The fourth-order valence-corrected chi connectivity index (χ4v) is 4.37. The minimum atomic E-state index is -4.66.